The molecule has 0 aromatic rings. The Morgan fingerprint density at radius 3 is 2.46 bits per heavy atom. The molecule has 4 saturated carbocycles. The van der Waals surface area contributed by atoms with Crippen molar-refractivity contribution < 1.29 is 51.5 Å². The van der Waals surface area contributed by atoms with Crippen LogP contribution in [0.2, 0.25) is 0 Å². The normalized spacial score (nSPS) is 48.1. The topological polar surface area (TPSA) is 83.5 Å². The number of carbonyl (C=O) groups is 1. The van der Waals surface area contributed by atoms with Crippen molar-refractivity contribution in [3.05, 3.63) is 0 Å². The van der Waals surface area contributed by atoms with E-state index in [0.717, 1.165) is 44.9 Å². The third kappa shape index (κ3) is 3.37. The van der Waals surface area contributed by atoms with Gasteiger partial charge in [0.1, 0.15) is 5.78 Å². The molecule has 0 aliphatic heterocycles. The van der Waals surface area contributed by atoms with E-state index in [1.165, 1.54) is 0 Å². The molecular weight excluding hydrogens is 363 g/mol. The molecule has 0 spiro atoms. The van der Waals surface area contributed by atoms with Crippen LogP contribution in [-0.2, 0) is 19.4 Å². The molecule has 142 valence electrons. The molecule has 0 heterocycles. The van der Waals surface area contributed by atoms with Gasteiger partial charge in [0.05, 0.1) is 6.10 Å². The van der Waals surface area contributed by atoms with Gasteiger partial charge in [-0.1, -0.05) is 13.8 Å². The molecule has 0 radical (unpaired) electrons. The van der Waals surface area contributed by atoms with Gasteiger partial charge in [-0.05, 0) is 80.5 Å². The van der Waals surface area contributed by atoms with Crippen LogP contribution < -0.4 is 29.6 Å². The predicted octanol–water partition coefficient (Wildman–Crippen LogP) is 0.448. The third-order valence-electron chi connectivity index (χ3n) is 8.58. The average molecular weight is 392 g/mol. The Hall–Kier alpha value is 0.540. The summed E-state index contributed by atoms with van der Waals surface area (Å²) >= 11 is 0. The minimum Gasteiger partial charge on any atom is -0.726 e. The molecule has 4 fully saturated rings. The summed E-state index contributed by atoms with van der Waals surface area (Å²) in [5.41, 5.74) is 0.101. The van der Waals surface area contributed by atoms with E-state index in [1.54, 1.807) is 0 Å². The second-order valence-electron chi connectivity index (χ2n) is 9.48. The largest absolute Gasteiger partial charge is 1.00 e. The molecule has 5 nitrogen and oxygen atoms in total. The van der Waals surface area contributed by atoms with Crippen molar-refractivity contribution in [2.45, 2.75) is 77.7 Å². The van der Waals surface area contributed by atoms with Gasteiger partial charge in [0, 0.05) is 11.8 Å². The number of carbonyl (C=O) groups excluding carboxylic acids is 1. The first-order valence-corrected chi connectivity index (χ1v) is 11.1. The maximum absolute atomic E-state index is 12.4. The summed E-state index contributed by atoms with van der Waals surface area (Å²) in [5.74, 6) is 2.69. The van der Waals surface area contributed by atoms with E-state index in [-0.39, 0.29) is 40.4 Å². The molecule has 0 saturated heterocycles. The van der Waals surface area contributed by atoms with Crippen LogP contribution in [0.3, 0.4) is 0 Å². The molecule has 0 bridgehead atoms. The average Bonchev–Trinajstić information content (AvgIpc) is 2.82. The summed E-state index contributed by atoms with van der Waals surface area (Å²) in [6.45, 7) is 4.57. The maximum atomic E-state index is 12.4. The van der Waals surface area contributed by atoms with Crippen LogP contribution in [0.25, 0.3) is 0 Å². The Morgan fingerprint density at radius 2 is 1.77 bits per heavy atom. The Labute approximate surface area is 179 Å². The van der Waals surface area contributed by atoms with E-state index in [4.69, 9.17) is 4.18 Å². The predicted molar refractivity (Wildman–Crippen MR) is 91.3 cm³/mol. The first-order valence-electron chi connectivity index (χ1n) is 9.81. The molecule has 4 rings (SSSR count). The molecular formula is C19H29NaO5S. The first kappa shape index (κ1) is 21.3. The van der Waals surface area contributed by atoms with Crippen LogP contribution in [0.4, 0.5) is 0 Å². The minimum atomic E-state index is -4.62. The summed E-state index contributed by atoms with van der Waals surface area (Å²) in [7, 11) is -4.62. The molecule has 4 aliphatic rings. The molecule has 7 heteroatoms. The van der Waals surface area contributed by atoms with Crippen LogP contribution in [0.1, 0.15) is 71.6 Å². The maximum Gasteiger partial charge on any atom is 1.00 e. The van der Waals surface area contributed by atoms with E-state index >= 15 is 0 Å². The molecule has 0 amide bonds. The second-order valence-corrected chi connectivity index (χ2v) is 10.5. The molecule has 7 atom stereocenters. The second kappa shape index (κ2) is 7.10. The number of Topliss-reactive ketones (excluding diaryl/α,β-unsaturated/α-hetero) is 1. The van der Waals surface area contributed by atoms with Gasteiger partial charge in [0.2, 0.25) is 10.4 Å². The fourth-order valence-corrected chi connectivity index (χ4v) is 7.75. The van der Waals surface area contributed by atoms with Crippen molar-refractivity contribution in [3.8, 4) is 0 Å². The van der Waals surface area contributed by atoms with Crippen molar-refractivity contribution in [2.75, 3.05) is 0 Å². The van der Waals surface area contributed by atoms with E-state index in [9.17, 15) is 17.8 Å². The standard InChI is InChI=1S/C19H30O5S.Na/c1-18-9-7-13(24-25(21,22)23)11-12(18)3-4-14-15-5-6-17(20)19(15,2)10-8-16(14)18;/h12-16H,3-11H2,1-2H3,(H,21,22,23);/q;+1/p-1. The van der Waals surface area contributed by atoms with E-state index in [2.05, 4.69) is 13.8 Å². The minimum absolute atomic E-state index is 0. The zero-order valence-electron chi connectivity index (χ0n) is 16.2. The number of hydrogen-bond acceptors (Lipinski definition) is 5. The monoisotopic (exact) mass is 392 g/mol. The Morgan fingerprint density at radius 1 is 1.04 bits per heavy atom. The Kier molecular flexibility index (Phi) is 5.80. The van der Waals surface area contributed by atoms with Crippen molar-refractivity contribution in [2.24, 2.45) is 34.5 Å². The quantitative estimate of drug-likeness (QED) is 0.387. The summed E-state index contributed by atoms with van der Waals surface area (Å²) < 4.78 is 37.6. The van der Waals surface area contributed by atoms with Gasteiger partial charge in [-0.25, -0.2) is 8.42 Å². The Bertz CT molecular complexity index is 679. The zero-order valence-corrected chi connectivity index (χ0v) is 19.0. The summed E-state index contributed by atoms with van der Waals surface area (Å²) in [6, 6.07) is 0. The molecule has 7 unspecified atom stereocenters. The molecule has 4 aliphatic carbocycles. The van der Waals surface area contributed by atoms with E-state index < -0.39 is 16.5 Å². The first-order chi connectivity index (χ1) is 11.6. The van der Waals surface area contributed by atoms with Gasteiger partial charge >= 0.3 is 29.6 Å². The van der Waals surface area contributed by atoms with Crippen molar-refractivity contribution in [3.63, 3.8) is 0 Å². The number of ketones is 1. The van der Waals surface area contributed by atoms with Crippen molar-refractivity contribution in [1.82, 2.24) is 0 Å². The van der Waals surface area contributed by atoms with Gasteiger partial charge in [0.15, 0.2) is 0 Å². The summed E-state index contributed by atoms with van der Waals surface area (Å²) in [5, 5.41) is 0. The van der Waals surface area contributed by atoms with Gasteiger partial charge in [0.25, 0.3) is 0 Å². The fourth-order valence-electron chi connectivity index (χ4n) is 7.24. The van der Waals surface area contributed by atoms with Crippen LogP contribution in [0, 0.1) is 34.5 Å². The van der Waals surface area contributed by atoms with E-state index in [0.29, 0.717) is 42.3 Å². The molecule has 0 aromatic heterocycles. The molecule has 0 aromatic carbocycles. The number of rotatable bonds is 2. The van der Waals surface area contributed by atoms with Gasteiger partial charge < -0.3 is 4.55 Å². The van der Waals surface area contributed by atoms with Crippen LogP contribution in [0.5, 0.6) is 0 Å². The van der Waals surface area contributed by atoms with Crippen molar-refractivity contribution in [1.29, 1.82) is 0 Å². The van der Waals surface area contributed by atoms with Gasteiger partial charge in [-0.2, -0.15) is 0 Å². The number of fused-ring (bicyclic) bond motifs is 5. The van der Waals surface area contributed by atoms with Gasteiger partial charge in [-0.15, -0.1) is 0 Å². The Balaban J connectivity index is 0.00000196. The SMILES string of the molecule is CC12CCC3C(CCC4CC(OS(=O)(=O)[O-])CCC43C)C1CCC2=O.[Na+]. The van der Waals surface area contributed by atoms with Crippen LogP contribution in [0.15, 0.2) is 0 Å². The zero-order chi connectivity index (χ0) is 18.0. The smallest absolute Gasteiger partial charge is 0.726 e. The third-order valence-corrected chi connectivity index (χ3v) is 9.09. The fraction of sp³-hybridized carbons (Fsp3) is 0.947. The molecule has 26 heavy (non-hydrogen) atoms. The van der Waals surface area contributed by atoms with Crippen molar-refractivity contribution >= 4 is 16.2 Å². The van der Waals surface area contributed by atoms with Crippen LogP contribution in [-0.4, -0.2) is 24.9 Å². The van der Waals surface area contributed by atoms with Gasteiger partial charge in [-0.3, -0.25) is 8.98 Å². The summed E-state index contributed by atoms with van der Waals surface area (Å²) in [6.07, 6.45) is 7.94. The number of hydrogen-bond donors (Lipinski definition) is 0. The van der Waals surface area contributed by atoms with E-state index in [1.807, 2.05) is 0 Å². The summed E-state index contributed by atoms with van der Waals surface area (Å²) in [4.78, 5) is 12.4. The molecule has 0 N–H and O–H groups in total. The van der Waals surface area contributed by atoms with Crippen LogP contribution >= 0.6 is 0 Å².